The maximum absolute atomic E-state index is 13.1. The van der Waals surface area contributed by atoms with Crippen molar-refractivity contribution >= 4 is 17.5 Å². The second-order valence-corrected chi connectivity index (χ2v) is 7.36. The second-order valence-electron chi connectivity index (χ2n) is 7.36. The topological polar surface area (TPSA) is 88.4 Å². The SMILES string of the molecule is CCNc1ccc(N2CCN(C(=O)c3cc(-c4cccc(OC)c4)nn3C)CC2)nn1. The summed E-state index contributed by atoms with van der Waals surface area (Å²) in [5, 5.41) is 16.2. The number of piperazine rings is 1. The Bertz CT molecular complexity index is 1040. The molecule has 0 bridgehead atoms. The Morgan fingerprint density at radius 2 is 1.90 bits per heavy atom. The molecule has 1 aliphatic heterocycles. The van der Waals surface area contributed by atoms with Crippen molar-refractivity contribution in [1.29, 1.82) is 0 Å². The van der Waals surface area contributed by atoms with Gasteiger partial charge in [0, 0.05) is 45.3 Å². The van der Waals surface area contributed by atoms with Gasteiger partial charge in [-0.05, 0) is 37.3 Å². The fourth-order valence-corrected chi connectivity index (χ4v) is 3.66. The van der Waals surface area contributed by atoms with E-state index >= 15 is 0 Å². The van der Waals surface area contributed by atoms with Crippen molar-refractivity contribution in [3.63, 3.8) is 0 Å². The largest absolute Gasteiger partial charge is 0.497 e. The lowest BCUT2D eigenvalue weighted by molar-refractivity contribution is 0.0735. The Morgan fingerprint density at radius 3 is 2.58 bits per heavy atom. The number of aryl methyl sites for hydroxylation is 1. The molecular weight excluding hydrogens is 394 g/mol. The third-order valence-electron chi connectivity index (χ3n) is 5.36. The highest BCUT2D eigenvalue weighted by molar-refractivity contribution is 5.94. The fraction of sp³-hybridized carbons (Fsp3) is 0.364. The zero-order valence-corrected chi connectivity index (χ0v) is 18.1. The number of anilines is 2. The van der Waals surface area contributed by atoms with Crippen LogP contribution in [0.3, 0.4) is 0 Å². The van der Waals surface area contributed by atoms with Gasteiger partial charge in [0.1, 0.15) is 17.3 Å². The molecule has 0 radical (unpaired) electrons. The fourth-order valence-electron chi connectivity index (χ4n) is 3.66. The summed E-state index contributed by atoms with van der Waals surface area (Å²) < 4.78 is 6.94. The lowest BCUT2D eigenvalue weighted by Gasteiger charge is -2.35. The van der Waals surface area contributed by atoms with Gasteiger partial charge >= 0.3 is 0 Å². The van der Waals surface area contributed by atoms with Crippen LogP contribution in [0, 0.1) is 0 Å². The molecule has 1 aromatic carbocycles. The van der Waals surface area contributed by atoms with Crippen LogP contribution in [0.15, 0.2) is 42.5 Å². The standard InChI is InChI=1S/C22H27N7O2/c1-4-23-20-8-9-21(25-24-20)28-10-12-29(13-11-28)22(30)19-15-18(26-27(19)2)16-6-5-7-17(14-16)31-3/h5-9,14-15H,4,10-13H2,1-3H3,(H,23,24). The molecule has 0 unspecified atom stereocenters. The van der Waals surface area contributed by atoms with Crippen LogP contribution in [-0.4, -0.2) is 70.6 Å². The molecule has 3 heterocycles. The van der Waals surface area contributed by atoms with E-state index in [2.05, 4.69) is 25.5 Å². The van der Waals surface area contributed by atoms with Crippen LogP contribution in [0.2, 0.25) is 0 Å². The van der Waals surface area contributed by atoms with Crippen molar-refractivity contribution in [3.8, 4) is 17.0 Å². The predicted molar refractivity (Wildman–Crippen MR) is 120 cm³/mol. The Balaban J connectivity index is 1.42. The molecule has 4 rings (SSSR count). The number of carbonyl (C=O) groups is 1. The monoisotopic (exact) mass is 421 g/mol. The second kappa shape index (κ2) is 9.03. The van der Waals surface area contributed by atoms with E-state index in [-0.39, 0.29) is 5.91 Å². The van der Waals surface area contributed by atoms with Gasteiger partial charge in [-0.2, -0.15) is 5.10 Å². The third kappa shape index (κ3) is 4.45. The van der Waals surface area contributed by atoms with Crippen LogP contribution in [0.5, 0.6) is 5.75 Å². The molecule has 1 aliphatic rings. The first-order valence-electron chi connectivity index (χ1n) is 10.4. The van der Waals surface area contributed by atoms with E-state index in [1.165, 1.54) is 0 Å². The normalized spacial score (nSPS) is 13.9. The minimum absolute atomic E-state index is 0.0163. The summed E-state index contributed by atoms with van der Waals surface area (Å²) in [6.07, 6.45) is 0. The number of hydrogen-bond acceptors (Lipinski definition) is 7. The van der Waals surface area contributed by atoms with Crippen LogP contribution in [0.25, 0.3) is 11.3 Å². The molecule has 162 valence electrons. The zero-order valence-electron chi connectivity index (χ0n) is 18.1. The van der Waals surface area contributed by atoms with Crippen LogP contribution >= 0.6 is 0 Å². The smallest absolute Gasteiger partial charge is 0.272 e. The number of benzene rings is 1. The Labute approximate surface area is 181 Å². The molecule has 3 aromatic rings. The van der Waals surface area contributed by atoms with E-state index in [0.29, 0.717) is 31.9 Å². The van der Waals surface area contributed by atoms with Crippen molar-refractivity contribution in [1.82, 2.24) is 24.9 Å². The van der Waals surface area contributed by atoms with Gasteiger partial charge < -0.3 is 19.9 Å². The number of ether oxygens (including phenoxy) is 1. The highest BCUT2D eigenvalue weighted by Crippen LogP contribution is 2.24. The molecule has 9 heteroatoms. The summed E-state index contributed by atoms with van der Waals surface area (Å²) in [7, 11) is 3.43. The van der Waals surface area contributed by atoms with E-state index in [9.17, 15) is 4.79 Å². The van der Waals surface area contributed by atoms with Crippen molar-refractivity contribution in [2.24, 2.45) is 7.05 Å². The molecule has 2 aromatic heterocycles. The predicted octanol–water partition coefficient (Wildman–Crippen LogP) is 2.28. The van der Waals surface area contributed by atoms with Crippen LogP contribution < -0.4 is 15.0 Å². The number of aromatic nitrogens is 4. The number of methoxy groups -OCH3 is 1. The molecule has 1 saturated heterocycles. The first-order valence-corrected chi connectivity index (χ1v) is 10.4. The zero-order chi connectivity index (χ0) is 21.8. The Kier molecular flexibility index (Phi) is 6.01. The van der Waals surface area contributed by atoms with Gasteiger partial charge in [0.2, 0.25) is 0 Å². The highest BCUT2D eigenvalue weighted by atomic mass is 16.5. The summed E-state index contributed by atoms with van der Waals surface area (Å²) in [4.78, 5) is 17.1. The molecular formula is C22H27N7O2. The quantitative estimate of drug-likeness (QED) is 0.653. The van der Waals surface area contributed by atoms with Crippen molar-refractivity contribution in [2.75, 3.05) is 50.1 Å². The van der Waals surface area contributed by atoms with Gasteiger partial charge in [-0.15, -0.1) is 10.2 Å². The molecule has 1 fully saturated rings. The first kappa shape index (κ1) is 20.6. The van der Waals surface area contributed by atoms with Crippen LogP contribution in [0.4, 0.5) is 11.6 Å². The number of rotatable bonds is 6. The molecule has 0 saturated carbocycles. The van der Waals surface area contributed by atoms with E-state index < -0.39 is 0 Å². The van der Waals surface area contributed by atoms with Crippen LogP contribution in [0.1, 0.15) is 17.4 Å². The molecule has 1 amide bonds. The third-order valence-corrected chi connectivity index (χ3v) is 5.36. The molecule has 1 N–H and O–H groups in total. The average molecular weight is 422 g/mol. The molecule has 0 atom stereocenters. The maximum Gasteiger partial charge on any atom is 0.272 e. The molecule has 0 spiro atoms. The van der Waals surface area contributed by atoms with Crippen LogP contribution in [-0.2, 0) is 7.05 Å². The van der Waals surface area contributed by atoms with Gasteiger partial charge in [-0.25, -0.2) is 0 Å². The molecule has 0 aliphatic carbocycles. The summed E-state index contributed by atoms with van der Waals surface area (Å²) >= 11 is 0. The van der Waals surface area contributed by atoms with Crippen molar-refractivity contribution in [3.05, 3.63) is 48.2 Å². The lowest BCUT2D eigenvalue weighted by atomic mass is 10.1. The summed E-state index contributed by atoms with van der Waals surface area (Å²) in [5.74, 6) is 2.34. The first-order chi connectivity index (χ1) is 15.1. The van der Waals surface area contributed by atoms with Gasteiger partial charge in [-0.3, -0.25) is 9.48 Å². The Hall–Kier alpha value is -3.62. The lowest BCUT2D eigenvalue weighted by Crippen LogP contribution is -2.49. The van der Waals surface area contributed by atoms with Gasteiger partial charge in [0.15, 0.2) is 5.82 Å². The number of nitrogens with one attached hydrogen (secondary N) is 1. The Morgan fingerprint density at radius 1 is 1.10 bits per heavy atom. The average Bonchev–Trinajstić information content (AvgIpc) is 3.21. The van der Waals surface area contributed by atoms with E-state index in [1.54, 1.807) is 18.8 Å². The minimum Gasteiger partial charge on any atom is -0.497 e. The van der Waals surface area contributed by atoms with Crippen molar-refractivity contribution in [2.45, 2.75) is 6.92 Å². The number of hydrogen-bond donors (Lipinski definition) is 1. The van der Waals surface area contributed by atoms with Crippen molar-refractivity contribution < 1.29 is 9.53 Å². The van der Waals surface area contributed by atoms with Gasteiger partial charge in [0.05, 0.1) is 12.8 Å². The summed E-state index contributed by atoms with van der Waals surface area (Å²) in [6, 6.07) is 13.4. The maximum atomic E-state index is 13.1. The van der Waals surface area contributed by atoms with E-state index in [1.807, 2.05) is 54.3 Å². The van der Waals surface area contributed by atoms with Gasteiger partial charge in [0.25, 0.3) is 5.91 Å². The van der Waals surface area contributed by atoms with Gasteiger partial charge in [-0.1, -0.05) is 12.1 Å². The highest BCUT2D eigenvalue weighted by Gasteiger charge is 2.25. The number of amides is 1. The van der Waals surface area contributed by atoms with E-state index in [0.717, 1.165) is 35.2 Å². The molecule has 9 nitrogen and oxygen atoms in total. The molecule has 31 heavy (non-hydrogen) atoms. The summed E-state index contributed by atoms with van der Waals surface area (Å²) in [5.41, 5.74) is 2.24. The van der Waals surface area contributed by atoms with E-state index in [4.69, 9.17) is 4.74 Å². The number of carbonyl (C=O) groups excluding carboxylic acids is 1. The summed E-state index contributed by atoms with van der Waals surface area (Å²) in [6.45, 7) is 5.49. The number of nitrogens with zero attached hydrogens (tertiary/aromatic N) is 6. The minimum atomic E-state index is -0.0163.